The first-order valence-corrected chi connectivity index (χ1v) is 6.18. The minimum atomic E-state index is -4.37. The summed E-state index contributed by atoms with van der Waals surface area (Å²) in [6, 6.07) is 4.16. The van der Waals surface area contributed by atoms with Gasteiger partial charge in [-0.1, -0.05) is 19.9 Å². The highest BCUT2D eigenvalue weighted by atomic mass is 19.4. The molecule has 0 heterocycles. The molecule has 2 rings (SSSR count). The van der Waals surface area contributed by atoms with E-state index in [1.54, 1.807) is 6.07 Å². The summed E-state index contributed by atoms with van der Waals surface area (Å²) in [5.41, 5.74) is 5.19. The fraction of sp³-hybridized carbons (Fsp3) is 0.571. The lowest BCUT2D eigenvalue weighted by Crippen LogP contribution is -2.10. The molecule has 2 atom stereocenters. The Bertz CT molecular complexity index is 482. The van der Waals surface area contributed by atoms with Crippen LogP contribution in [0.3, 0.4) is 0 Å². The Balaban J connectivity index is 2.47. The summed E-state index contributed by atoms with van der Waals surface area (Å²) >= 11 is 0. The molecule has 1 saturated carbocycles. The van der Waals surface area contributed by atoms with Gasteiger partial charge in [0.2, 0.25) is 0 Å². The van der Waals surface area contributed by atoms with E-state index in [-0.39, 0.29) is 23.0 Å². The second-order valence-corrected chi connectivity index (χ2v) is 5.59. The van der Waals surface area contributed by atoms with Gasteiger partial charge in [0.1, 0.15) is 5.75 Å². The molecule has 2 nitrogen and oxygen atoms in total. The van der Waals surface area contributed by atoms with Gasteiger partial charge in [0, 0.05) is 0 Å². The Morgan fingerprint density at radius 2 is 1.95 bits per heavy atom. The van der Waals surface area contributed by atoms with Gasteiger partial charge in [-0.25, -0.2) is 0 Å². The van der Waals surface area contributed by atoms with Crippen molar-refractivity contribution in [1.82, 2.24) is 0 Å². The number of halogens is 3. The number of hydrogen-bond acceptors (Lipinski definition) is 2. The van der Waals surface area contributed by atoms with Crippen molar-refractivity contribution >= 4 is 0 Å². The van der Waals surface area contributed by atoms with E-state index in [2.05, 4.69) is 0 Å². The van der Waals surface area contributed by atoms with E-state index < -0.39 is 11.7 Å². The molecule has 0 bridgehead atoms. The molecule has 2 N–H and O–H groups in total. The summed E-state index contributed by atoms with van der Waals surface area (Å²) in [6.07, 6.45) is -4.37. The molecule has 1 aliphatic carbocycles. The molecule has 0 spiro atoms. The molecule has 0 radical (unpaired) electrons. The molecule has 1 aromatic carbocycles. The van der Waals surface area contributed by atoms with Gasteiger partial charge in [-0.05, 0) is 41.5 Å². The van der Waals surface area contributed by atoms with Crippen molar-refractivity contribution < 1.29 is 17.9 Å². The molecule has 5 heteroatoms. The van der Waals surface area contributed by atoms with E-state index >= 15 is 0 Å². The van der Waals surface area contributed by atoms with Crippen LogP contribution < -0.4 is 10.5 Å². The van der Waals surface area contributed by atoms with Crippen LogP contribution in [0.5, 0.6) is 5.75 Å². The summed E-state index contributed by atoms with van der Waals surface area (Å²) < 4.78 is 44.3. The van der Waals surface area contributed by atoms with Crippen LogP contribution in [-0.2, 0) is 6.18 Å². The van der Waals surface area contributed by atoms with Crippen LogP contribution in [0.15, 0.2) is 18.2 Å². The number of benzene rings is 1. The zero-order valence-electron chi connectivity index (χ0n) is 11.2. The Morgan fingerprint density at radius 1 is 1.32 bits per heavy atom. The van der Waals surface area contributed by atoms with E-state index in [9.17, 15) is 13.2 Å². The Labute approximate surface area is 110 Å². The van der Waals surface area contributed by atoms with Crippen LogP contribution in [0.25, 0.3) is 0 Å². The van der Waals surface area contributed by atoms with Crippen LogP contribution >= 0.6 is 0 Å². The topological polar surface area (TPSA) is 35.2 Å². The van der Waals surface area contributed by atoms with Gasteiger partial charge in [-0.2, -0.15) is 13.2 Å². The number of nitrogens with two attached hydrogens (primary N) is 1. The SMILES string of the molecule is COc1ccc([C@@H]2[C@@H](CN)C2(C)C)c(C(F)(F)F)c1. The molecular formula is C14H18F3NO. The Hall–Kier alpha value is -1.23. The minimum absolute atomic E-state index is 0.0991. The molecule has 1 aromatic rings. The van der Waals surface area contributed by atoms with Crippen LogP contribution in [0.2, 0.25) is 0 Å². The van der Waals surface area contributed by atoms with Crippen molar-refractivity contribution in [1.29, 1.82) is 0 Å². The Morgan fingerprint density at radius 3 is 2.37 bits per heavy atom. The van der Waals surface area contributed by atoms with E-state index in [1.807, 2.05) is 13.8 Å². The molecular weight excluding hydrogens is 255 g/mol. The monoisotopic (exact) mass is 273 g/mol. The van der Waals surface area contributed by atoms with Gasteiger partial charge in [0.15, 0.2) is 0 Å². The smallest absolute Gasteiger partial charge is 0.416 e. The quantitative estimate of drug-likeness (QED) is 0.916. The van der Waals surface area contributed by atoms with Crippen molar-refractivity contribution in [2.75, 3.05) is 13.7 Å². The van der Waals surface area contributed by atoms with Gasteiger partial charge in [0.05, 0.1) is 12.7 Å². The van der Waals surface area contributed by atoms with Crippen molar-refractivity contribution in [2.45, 2.75) is 25.9 Å². The van der Waals surface area contributed by atoms with E-state index in [0.29, 0.717) is 12.1 Å². The predicted octanol–water partition coefficient (Wildman–Crippen LogP) is 3.41. The number of rotatable bonds is 3. The fourth-order valence-electron chi connectivity index (χ4n) is 2.98. The summed E-state index contributed by atoms with van der Waals surface area (Å²) in [6.45, 7) is 4.32. The lowest BCUT2D eigenvalue weighted by Gasteiger charge is -2.15. The highest BCUT2D eigenvalue weighted by Gasteiger charge is 2.59. The van der Waals surface area contributed by atoms with E-state index in [0.717, 1.165) is 6.07 Å². The molecule has 19 heavy (non-hydrogen) atoms. The maximum absolute atomic E-state index is 13.1. The van der Waals surface area contributed by atoms with Gasteiger partial charge in [-0.3, -0.25) is 0 Å². The summed E-state index contributed by atoms with van der Waals surface area (Å²) in [4.78, 5) is 0. The highest BCUT2D eigenvalue weighted by molar-refractivity contribution is 5.44. The molecule has 0 aliphatic heterocycles. The third-order valence-corrected chi connectivity index (χ3v) is 4.21. The average molecular weight is 273 g/mol. The van der Waals surface area contributed by atoms with Crippen LogP contribution in [0.4, 0.5) is 13.2 Å². The number of ether oxygens (including phenoxy) is 1. The second-order valence-electron chi connectivity index (χ2n) is 5.59. The number of hydrogen-bond donors (Lipinski definition) is 1. The normalized spacial score (nSPS) is 25.2. The standard InChI is InChI=1S/C14H18F3NO/c1-13(2)11(7-18)12(13)9-5-4-8(19-3)6-10(9)14(15,16)17/h4-6,11-12H,7,18H2,1-3H3/t11-,12-/m1/s1. The average Bonchev–Trinajstić information content (AvgIpc) is 2.89. The van der Waals surface area contributed by atoms with E-state index in [4.69, 9.17) is 10.5 Å². The van der Waals surface area contributed by atoms with Gasteiger partial charge < -0.3 is 10.5 Å². The summed E-state index contributed by atoms with van der Waals surface area (Å²) in [5.74, 6) is 0.181. The van der Waals surface area contributed by atoms with Crippen molar-refractivity contribution in [3.63, 3.8) is 0 Å². The molecule has 0 saturated heterocycles. The van der Waals surface area contributed by atoms with Crippen molar-refractivity contribution in [3.8, 4) is 5.75 Å². The van der Waals surface area contributed by atoms with Crippen LogP contribution in [0.1, 0.15) is 30.9 Å². The molecule has 0 unspecified atom stereocenters. The summed E-state index contributed by atoms with van der Waals surface area (Å²) in [5, 5.41) is 0. The zero-order valence-corrected chi connectivity index (χ0v) is 11.2. The van der Waals surface area contributed by atoms with Crippen molar-refractivity contribution in [3.05, 3.63) is 29.3 Å². The number of methoxy groups -OCH3 is 1. The van der Waals surface area contributed by atoms with Gasteiger partial charge in [-0.15, -0.1) is 0 Å². The van der Waals surface area contributed by atoms with Gasteiger partial charge in [0.25, 0.3) is 0 Å². The van der Waals surface area contributed by atoms with Crippen LogP contribution in [-0.4, -0.2) is 13.7 Å². The predicted molar refractivity (Wildman–Crippen MR) is 67.1 cm³/mol. The highest BCUT2D eigenvalue weighted by Crippen LogP contribution is 2.65. The Kier molecular flexibility index (Phi) is 3.29. The third kappa shape index (κ3) is 2.31. The largest absolute Gasteiger partial charge is 0.497 e. The zero-order chi connectivity index (χ0) is 14.4. The fourth-order valence-corrected chi connectivity index (χ4v) is 2.98. The van der Waals surface area contributed by atoms with Crippen LogP contribution in [0, 0.1) is 11.3 Å². The molecule has 0 aromatic heterocycles. The molecule has 0 amide bonds. The molecule has 1 fully saturated rings. The first-order chi connectivity index (χ1) is 8.73. The molecule has 1 aliphatic rings. The van der Waals surface area contributed by atoms with Crippen molar-refractivity contribution in [2.24, 2.45) is 17.1 Å². The first kappa shape index (κ1) is 14.2. The lowest BCUT2D eigenvalue weighted by molar-refractivity contribution is -0.138. The lowest BCUT2D eigenvalue weighted by atomic mass is 9.97. The maximum Gasteiger partial charge on any atom is 0.416 e. The van der Waals surface area contributed by atoms with Gasteiger partial charge >= 0.3 is 6.18 Å². The summed E-state index contributed by atoms with van der Waals surface area (Å²) in [7, 11) is 1.36. The second kappa shape index (κ2) is 4.40. The molecule has 106 valence electrons. The third-order valence-electron chi connectivity index (χ3n) is 4.21. The minimum Gasteiger partial charge on any atom is -0.497 e. The number of alkyl halides is 3. The first-order valence-electron chi connectivity index (χ1n) is 6.18. The van der Waals surface area contributed by atoms with E-state index in [1.165, 1.54) is 13.2 Å². The maximum atomic E-state index is 13.1.